The van der Waals surface area contributed by atoms with Gasteiger partial charge in [0.15, 0.2) is 11.0 Å². The Hall–Kier alpha value is -3.04. The van der Waals surface area contributed by atoms with E-state index >= 15 is 0 Å². The van der Waals surface area contributed by atoms with Gasteiger partial charge in [-0.15, -0.1) is 10.2 Å². The fourth-order valence-corrected chi connectivity index (χ4v) is 3.87. The van der Waals surface area contributed by atoms with E-state index in [4.69, 9.17) is 15.3 Å². The van der Waals surface area contributed by atoms with Gasteiger partial charge >= 0.3 is 0 Å². The van der Waals surface area contributed by atoms with Gasteiger partial charge in [-0.2, -0.15) is 10.5 Å². The van der Waals surface area contributed by atoms with E-state index in [1.54, 1.807) is 4.90 Å². The van der Waals surface area contributed by atoms with Crippen molar-refractivity contribution in [2.75, 3.05) is 18.8 Å². The summed E-state index contributed by atoms with van der Waals surface area (Å²) in [6.07, 6.45) is 1.46. The number of benzene rings is 1. The predicted molar refractivity (Wildman–Crippen MR) is 123 cm³/mol. The lowest BCUT2D eigenvalue weighted by Crippen LogP contribution is -2.34. The molecule has 0 spiro atoms. The first-order valence-electron chi connectivity index (χ1n) is 10.8. The smallest absolute Gasteiger partial charge is 0.233 e. The maximum Gasteiger partial charge on any atom is 0.233 e. The molecule has 2 rings (SSSR count). The number of hydrogen-bond acceptors (Lipinski definition) is 7. The fraction of sp³-hybridized carbons (Fsp3) is 0.522. The minimum Gasteiger partial charge on any atom is -0.486 e. The number of aryl methyl sites for hydroxylation is 1. The zero-order chi connectivity index (χ0) is 23.3. The molecule has 170 valence electrons. The van der Waals surface area contributed by atoms with Crippen molar-refractivity contribution in [1.82, 2.24) is 19.7 Å². The van der Waals surface area contributed by atoms with Crippen molar-refractivity contribution in [3.05, 3.63) is 35.7 Å². The highest BCUT2D eigenvalue weighted by atomic mass is 32.2. The largest absolute Gasteiger partial charge is 0.486 e. The maximum absolute atomic E-state index is 12.6. The van der Waals surface area contributed by atoms with E-state index in [9.17, 15) is 4.79 Å². The molecule has 0 aliphatic heterocycles. The molecule has 0 fully saturated rings. The molecule has 0 unspecified atom stereocenters. The average molecular weight is 455 g/mol. The van der Waals surface area contributed by atoms with Crippen molar-refractivity contribution < 1.29 is 9.53 Å². The van der Waals surface area contributed by atoms with Gasteiger partial charge in [-0.05, 0) is 30.0 Å². The second-order valence-corrected chi connectivity index (χ2v) is 8.62. The minimum atomic E-state index is -0.117. The highest BCUT2D eigenvalue weighted by molar-refractivity contribution is 7.99. The Morgan fingerprint density at radius 3 is 2.38 bits per heavy atom. The first-order valence-corrected chi connectivity index (χ1v) is 11.7. The van der Waals surface area contributed by atoms with E-state index in [-0.39, 0.29) is 31.1 Å². The molecule has 1 amide bonds. The molecule has 1 aromatic heterocycles. The topological polar surface area (TPSA) is 108 Å². The highest BCUT2D eigenvalue weighted by Crippen LogP contribution is 2.21. The van der Waals surface area contributed by atoms with Gasteiger partial charge in [0.2, 0.25) is 5.91 Å². The summed E-state index contributed by atoms with van der Waals surface area (Å²) in [5, 5.41) is 26.9. The Morgan fingerprint density at radius 2 is 1.81 bits per heavy atom. The Bertz CT molecular complexity index is 925. The lowest BCUT2D eigenvalue weighted by Gasteiger charge is -2.20. The van der Waals surface area contributed by atoms with Crippen LogP contribution in [0.4, 0.5) is 0 Å². The molecular weight excluding hydrogens is 424 g/mol. The van der Waals surface area contributed by atoms with Gasteiger partial charge in [-0.1, -0.05) is 44.7 Å². The van der Waals surface area contributed by atoms with Crippen LogP contribution >= 0.6 is 11.8 Å². The van der Waals surface area contributed by atoms with Gasteiger partial charge in [0.1, 0.15) is 12.4 Å². The maximum atomic E-state index is 12.6. The van der Waals surface area contributed by atoms with Gasteiger partial charge in [-0.3, -0.25) is 4.79 Å². The van der Waals surface area contributed by atoms with E-state index < -0.39 is 0 Å². The summed E-state index contributed by atoms with van der Waals surface area (Å²) in [5.74, 6) is 1.90. The molecule has 9 heteroatoms. The number of nitriles is 2. The molecule has 0 saturated carbocycles. The second-order valence-electron chi connectivity index (χ2n) is 7.68. The van der Waals surface area contributed by atoms with E-state index in [2.05, 4.69) is 31.0 Å². The Labute approximate surface area is 194 Å². The lowest BCUT2D eigenvalue weighted by atomic mass is 10.2. The average Bonchev–Trinajstić information content (AvgIpc) is 3.17. The Morgan fingerprint density at radius 1 is 1.16 bits per heavy atom. The van der Waals surface area contributed by atoms with Gasteiger partial charge in [0, 0.05) is 19.6 Å². The number of hydrogen-bond donors (Lipinski definition) is 0. The fourth-order valence-electron chi connectivity index (χ4n) is 3.00. The second kappa shape index (κ2) is 13.4. The third-order valence-electron chi connectivity index (χ3n) is 4.71. The molecule has 0 N–H and O–H groups in total. The molecule has 8 nitrogen and oxygen atoms in total. The summed E-state index contributed by atoms with van der Waals surface area (Å²) in [4.78, 5) is 14.2. The van der Waals surface area contributed by atoms with E-state index in [0.717, 1.165) is 12.2 Å². The number of carbonyl (C=O) groups is 1. The molecule has 0 aliphatic carbocycles. The van der Waals surface area contributed by atoms with Crippen LogP contribution in [-0.2, 0) is 24.4 Å². The zero-order valence-electron chi connectivity index (χ0n) is 19.0. The van der Waals surface area contributed by atoms with Gasteiger partial charge in [0.05, 0.1) is 30.7 Å². The minimum absolute atomic E-state index is 0.117. The van der Waals surface area contributed by atoms with Crippen molar-refractivity contribution in [3.63, 3.8) is 0 Å². The van der Waals surface area contributed by atoms with Crippen molar-refractivity contribution in [3.8, 4) is 17.9 Å². The van der Waals surface area contributed by atoms with Gasteiger partial charge in [0.25, 0.3) is 0 Å². The van der Waals surface area contributed by atoms with E-state index in [0.29, 0.717) is 36.5 Å². The van der Waals surface area contributed by atoms with Crippen molar-refractivity contribution >= 4 is 17.7 Å². The van der Waals surface area contributed by atoms with Crippen LogP contribution in [0.25, 0.3) is 0 Å². The lowest BCUT2D eigenvalue weighted by molar-refractivity contribution is -0.128. The van der Waals surface area contributed by atoms with Crippen molar-refractivity contribution in [2.45, 2.75) is 58.3 Å². The Balaban J connectivity index is 2.05. The number of amides is 1. The molecule has 0 radical (unpaired) electrons. The van der Waals surface area contributed by atoms with Crippen LogP contribution in [0.3, 0.4) is 0 Å². The van der Waals surface area contributed by atoms with Crippen LogP contribution in [-0.4, -0.2) is 44.4 Å². The quantitative estimate of drug-likeness (QED) is 0.423. The monoisotopic (exact) mass is 454 g/mol. The van der Waals surface area contributed by atoms with Crippen LogP contribution in [0.5, 0.6) is 5.75 Å². The predicted octanol–water partition coefficient (Wildman–Crippen LogP) is 3.82. The summed E-state index contributed by atoms with van der Waals surface area (Å²) in [5.41, 5.74) is 1.25. The number of carbonyl (C=O) groups excluding carboxylic acids is 1. The summed E-state index contributed by atoms with van der Waals surface area (Å²) >= 11 is 1.32. The van der Waals surface area contributed by atoms with Crippen LogP contribution in [0.1, 0.15) is 45.0 Å². The molecular formula is C23H30N6O2S. The molecule has 1 heterocycles. The molecule has 1 aromatic carbocycles. The summed E-state index contributed by atoms with van der Waals surface area (Å²) < 4.78 is 7.91. The highest BCUT2D eigenvalue weighted by Gasteiger charge is 2.18. The number of rotatable bonds is 13. The number of thioether (sulfide) groups is 1. The number of nitrogens with zero attached hydrogens (tertiary/aromatic N) is 6. The van der Waals surface area contributed by atoms with Crippen LogP contribution in [0.15, 0.2) is 29.4 Å². The molecule has 0 aliphatic rings. The van der Waals surface area contributed by atoms with Crippen LogP contribution in [0.2, 0.25) is 0 Å². The number of aromatic nitrogens is 3. The molecule has 32 heavy (non-hydrogen) atoms. The van der Waals surface area contributed by atoms with Crippen LogP contribution in [0, 0.1) is 28.6 Å². The van der Waals surface area contributed by atoms with Crippen molar-refractivity contribution in [2.24, 2.45) is 5.92 Å². The third kappa shape index (κ3) is 7.90. The van der Waals surface area contributed by atoms with Crippen LogP contribution < -0.4 is 4.74 Å². The number of ether oxygens (including phenoxy) is 1. The summed E-state index contributed by atoms with van der Waals surface area (Å²) in [6.45, 7) is 7.98. The molecule has 2 aromatic rings. The zero-order valence-corrected chi connectivity index (χ0v) is 19.8. The summed E-state index contributed by atoms with van der Waals surface area (Å²) in [7, 11) is 0. The molecule has 0 bridgehead atoms. The first-order chi connectivity index (χ1) is 15.5. The first kappa shape index (κ1) is 25.2. The standard InChI is InChI=1S/C23H30N6O2S/c1-4-19-7-9-20(10-8-19)31-16-21-26-27-23(29(21)15-18(2)3)32-17-22(30)28(13-5-11-24)14-6-12-25/h7-10,18H,4-6,13-17H2,1-3H3. The summed E-state index contributed by atoms with van der Waals surface area (Å²) in [6, 6.07) is 12.1. The van der Waals surface area contributed by atoms with Crippen molar-refractivity contribution in [1.29, 1.82) is 10.5 Å². The molecule has 0 saturated heterocycles. The van der Waals surface area contributed by atoms with E-state index in [1.807, 2.05) is 41.0 Å². The SMILES string of the molecule is CCc1ccc(OCc2nnc(SCC(=O)N(CCC#N)CCC#N)n2CC(C)C)cc1. The Kier molecular flexibility index (Phi) is 10.6. The third-order valence-corrected chi connectivity index (χ3v) is 5.66. The van der Waals surface area contributed by atoms with Gasteiger partial charge in [-0.25, -0.2) is 0 Å². The molecule has 0 atom stereocenters. The van der Waals surface area contributed by atoms with E-state index in [1.165, 1.54) is 17.3 Å². The van der Waals surface area contributed by atoms with Gasteiger partial charge < -0.3 is 14.2 Å². The normalized spacial score (nSPS) is 10.6.